The summed E-state index contributed by atoms with van der Waals surface area (Å²) in [5, 5.41) is 3.27. The quantitative estimate of drug-likeness (QED) is 0.860. The molecule has 4 heteroatoms. The number of hydrogen-bond acceptors (Lipinski definition) is 4. The van der Waals surface area contributed by atoms with Gasteiger partial charge >= 0.3 is 0 Å². The van der Waals surface area contributed by atoms with Crippen molar-refractivity contribution >= 4 is 5.95 Å². The minimum atomic E-state index is 0.736. The van der Waals surface area contributed by atoms with Crippen molar-refractivity contribution in [2.24, 2.45) is 11.8 Å². The monoisotopic (exact) mass is 234 g/mol. The first-order valence-corrected chi connectivity index (χ1v) is 6.47. The largest absolute Gasteiger partial charge is 0.340 e. The van der Waals surface area contributed by atoms with Crippen LogP contribution in [0.2, 0.25) is 0 Å². The molecule has 2 unspecified atom stereocenters. The van der Waals surface area contributed by atoms with Gasteiger partial charge in [-0.05, 0) is 18.4 Å². The molecular formula is C13H22N4. The predicted octanol–water partition coefficient (Wildman–Crippen LogP) is 1.68. The molecule has 1 aliphatic heterocycles. The van der Waals surface area contributed by atoms with Crippen molar-refractivity contribution in [1.29, 1.82) is 0 Å². The average Bonchev–Trinajstić information content (AvgIpc) is 2.68. The van der Waals surface area contributed by atoms with Gasteiger partial charge in [0.1, 0.15) is 0 Å². The minimum Gasteiger partial charge on any atom is -0.340 e. The van der Waals surface area contributed by atoms with E-state index in [1.54, 1.807) is 0 Å². The maximum absolute atomic E-state index is 4.46. The van der Waals surface area contributed by atoms with Crippen LogP contribution in [0.4, 0.5) is 5.95 Å². The highest BCUT2D eigenvalue weighted by atomic mass is 15.3. The maximum Gasteiger partial charge on any atom is 0.225 e. The van der Waals surface area contributed by atoms with Crippen LogP contribution in [-0.2, 0) is 6.54 Å². The van der Waals surface area contributed by atoms with Crippen LogP contribution in [0.1, 0.15) is 26.3 Å². The van der Waals surface area contributed by atoms with Gasteiger partial charge in [0.05, 0.1) is 0 Å². The highest BCUT2D eigenvalue weighted by Crippen LogP contribution is 2.24. The Morgan fingerprint density at radius 3 is 2.35 bits per heavy atom. The van der Waals surface area contributed by atoms with Crippen molar-refractivity contribution in [2.45, 2.75) is 27.3 Å². The third-order valence-electron chi connectivity index (χ3n) is 3.54. The number of anilines is 1. The first-order chi connectivity index (χ1) is 8.20. The van der Waals surface area contributed by atoms with E-state index in [-0.39, 0.29) is 0 Å². The van der Waals surface area contributed by atoms with Crippen LogP contribution in [0.25, 0.3) is 0 Å². The molecule has 0 bridgehead atoms. The van der Waals surface area contributed by atoms with E-state index in [2.05, 4.69) is 41.0 Å². The molecule has 0 spiro atoms. The molecule has 0 aliphatic carbocycles. The molecule has 0 radical (unpaired) electrons. The average molecular weight is 234 g/mol. The van der Waals surface area contributed by atoms with Crippen molar-refractivity contribution in [2.75, 3.05) is 24.5 Å². The lowest BCUT2D eigenvalue weighted by atomic mass is 10.0. The summed E-state index contributed by atoms with van der Waals surface area (Å²) < 4.78 is 0. The molecular weight excluding hydrogens is 212 g/mol. The summed E-state index contributed by atoms with van der Waals surface area (Å²) in [5.41, 5.74) is 1.15. The lowest BCUT2D eigenvalue weighted by Gasteiger charge is -2.15. The topological polar surface area (TPSA) is 41.1 Å². The number of nitrogens with zero attached hydrogens (tertiary/aromatic N) is 3. The smallest absolute Gasteiger partial charge is 0.225 e. The highest BCUT2D eigenvalue weighted by molar-refractivity contribution is 5.32. The normalized spacial score (nSPS) is 24.3. The van der Waals surface area contributed by atoms with Crippen LogP contribution >= 0.6 is 0 Å². The van der Waals surface area contributed by atoms with Crippen LogP contribution in [0.3, 0.4) is 0 Å². The van der Waals surface area contributed by atoms with Gasteiger partial charge in [0.2, 0.25) is 5.95 Å². The number of nitrogens with one attached hydrogen (secondary N) is 1. The summed E-state index contributed by atoms with van der Waals surface area (Å²) in [6.45, 7) is 10.7. The molecule has 1 aromatic rings. The Morgan fingerprint density at radius 2 is 1.82 bits per heavy atom. The lowest BCUT2D eigenvalue weighted by Crippen LogP contribution is -2.22. The number of hydrogen-bond donors (Lipinski definition) is 1. The zero-order valence-corrected chi connectivity index (χ0v) is 11.0. The van der Waals surface area contributed by atoms with E-state index in [0.717, 1.165) is 49.5 Å². The van der Waals surface area contributed by atoms with Crippen molar-refractivity contribution in [3.8, 4) is 0 Å². The summed E-state index contributed by atoms with van der Waals surface area (Å²) >= 11 is 0. The van der Waals surface area contributed by atoms with Crippen molar-refractivity contribution in [1.82, 2.24) is 15.3 Å². The lowest BCUT2D eigenvalue weighted by molar-refractivity contribution is 0.494. The standard InChI is InChI=1S/C13H22N4/c1-4-14-5-12-6-15-13(16-7-12)17-8-10(2)11(3)9-17/h6-7,10-11,14H,4-5,8-9H2,1-3H3. The number of aromatic nitrogens is 2. The highest BCUT2D eigenvalue weighted by Gasteiger charge is 2.27. The van der Waals surface area contributed by atoms with E-state index < -0.39 is 0 Å². The van der Waals surface area contributed by atoms with Gasteiger partial charge in [0.15, 0.2) is 0 Å². The van der Waals surface area contributed by atoms with Crippen LogP contribution in [0, 0.1) is 11.8 Å². The fraction of sp³-hybridized carbons (Fsp3) is 0.692. The predicted molar refractivity (Wildman–Crippen MR) is 70.0 cm³/mol. The summed E-state index contributed by atoms with van der Waals surface area (Å²) in [6, 6.07) is 0. The first kappa shape index (κ1) is 12.3. The molecule has 1 fully saturated rings. The molecule has 94 valence electrons. The summed E-state index contributed by atoms with van der Waals surface area (Å²) in [6.07, 6.45) is 3.86. The van der Waals surface area contributed by atoms with Crippen LogP contribution in [-0.4, -0.2) is 29.6 Å². The molecule has 4 nitrogen and oxygen atoms in total. The van der Waals surface area contributed by atoms with E-state index in [0.29, 0.717) is 0 Å². The third kappa shape index (κ3) is 2.94. The van der Waals surface area contributed by atoms with E-state index in [4.69, 9.17) is 0 Å². The van der Waals surface area contributed by atoms with Gasteiger partial charge in [0.25, 0.3) is 0 Å². The molecule has 1 N–H and O–H groups in total. The second-order valence-electron chi connectivity index (χ2n) is 5.03. The van der Waals surface area contributed by atoms with Crippen molar-refractivity contribution in [3.63, 3.8) is 0 Å². The van der Waals surface area contributed by atoms with Crippen LogP contribution in [0.5, 0.6) is 0 Å². The van der Waals surface area contributed by atoms with E-state index >= 15 is 0 Å². The Hall–Kier alpha value is -1.16. The van der Waals surface area contributed by atoms with E-state index in [9.17, 15) is 0 Å². The van der Waals surface area contributed by atoms with Gasteiger partial charge in [-0.2, -0.15) is 0 Å². The molecule has 17 heavy (non-hydrogen) atoms. The van der Waals surface area contributed by atoms with Gasteiger partial charge < -0.3 is 10.2 Å². The van der Waals surface area contributed by atoms with E-state index in [1.807, 2.05) is 12.4 Å². The molecule has 0 saturated carbocycles. The Labute approximate surface area is 103 Å². The Kier molecular flexibility index (Phi) is 3.94. The zero-order chi connectivity index (χ0) is 12.3. The van der Waals surface area contributed by atoms with Crippen molar-refractivity contribution < 1.29 is 0 Å². The van der Waals surface area contributed by atoms with Gasteiger partial charge in [-0.25, -0.2) is 9.97 Å². The molecule has 1 saturated heterocycles. The summed E-state index contributed by atoms with van der Waals surface area (Å²) in [7, 11) is 0. The Balaban J connectivity index is 1.98. The molecule has 2 rings (SSSR count). The molecule has 0 amide bonds. The summed E-state index contributed by atoms with van der Waals surface area (Å²) in [4.78, 5) is 11.2. The Morgan fingerprint density at radius 1 is 1.24 bits per heavy atom. The van der Waals surface area contributed by atoms with Crippen LogP contribution < -0.4 is 10.2 Å². The van der Waals surface area contributed by atoms with Gasteiger partial charge in [-0.15, -0.1) is 0 Å². The zero-order valence-electron chi connectivity index (χ0n) is 11.0. The third-order valence-corrected chi connectivity index (χ3v) is 3.54. The number of rotatable bonds is 4. The summed E-state index contributed by atoms with van der Waals surface area (Å²) in [5.74, 6) is 2.35. The molecule has 2 atom stereocenters. The van der Waals surface area contributed by atoms with Gasteiger partial charge in [-0.1, -0.05) is 20.8 Å². The second-order valence-corrected chi connectivity index (χ2v) is 5.03. The van der Waals surface area contributed by atoms with Gasteiger partial charge in [0, 0.05) is 37.6 Å². The molecule has 1 aliphatic rings. The first-order valence-electron chi connectivity index (χ1n) is 6.47. The maximum atomic E-state index is 4.46. The van der Waals surface area contributed by atoms with Crippen molar-refractivity contribution in [3.05, 3.63) is 18.0 Å². The fourth-order valence-electron chi connectivity index (χ4n) is 2.16. The minimum absolute atomic E-state index is 0.736. The van der Waals surface area contributed by atoms with Gasteiger partial charge in [-0.3, -0.25) is 0 Å². The SMILES string of the molecule is CCNCc1cnc(N2CC(C)C(C)C2)nc1. The Bertz CT molecular complexity index is 339. The fourth-order valence-corrected chi connectivity index (χ4v) is 2.16. The molecule has 1 aromatic heterocycles. The van der Waals surface area contributed by atoms with Crippen LogP contribution in [0.15, 0.2) is 12.4 Å². The molecule has 0 aromatic carbocycles. The molecule has 2 heterocycles. The second kappa shape index (κ2) is 5.45. The van der Waals surface area contributed by atoms with E-state index in [1.165, 1.54) is 0 Å².